The lowest BCUT2D eigenvalue weighted by atomic mass is 9.96. The molecule has 1 aliphatic rings. The van der Waals surface area contributed by atoms with Gasteiger partial charge in [0, 0.05) is 29.6 Å². The topological polar surface area (TPSA) is 57.6 Å². The number of halogens is 4. The summed E-state index contributed by atoms with van der Waals surface area (Å²) in [6.07, 6.45) is -2.15. The third-order valence-corrected chi connectivity index (χ3v) is 4.27. The Kier molecular flexibility index (Phi) is 5.74. The first kappa shape index (κ1) is 18.6. The van der Waals surface area contributed by atoms with E-state index in [4.69, 9.17) is 16.7 Å². The molecule has 1 heterocycles. The Balaban J connectivity index is 2.25. The molecule has 1 unspecified atom stereocenters. The molecule has 1 saturated heterocycles. The van der Waals surface area contributed by atoms with Crippen molar-refractivity contribution in [3.8, 4) is 0 Å². The summed E-state index contributed by atoms with van der Waals surface area (Å²) in [5.74, 6) is -1.51. The summed E-state index contributed by atoms with van der Waals surface area (Å²) in [5, 5.41) is 8.64. The molecule has 1 aliphatic heterocycles. The predicted octanol–water partition coefficient (Wildman–Crippen LogP) is 4.22. The third kappa shape index (κ3) is 4.63. The first-order chi connectivity index (χ1) is 11.2. The number of carboxylic acids is 1. The summed E-state index contributed by atoms with van der Waals surface area (Å²) < 4.78 is 38.7. The molecule has 24 heavy (non-hydrogen) atoms. The average molecular weight is 364 g/mol. The molecular weight excluding hydrogens is 347 g/mol. The fraction of sp³-hybridized carbons (Fsp3) is 0.500. The van der Waals surface area contributed by atoms with Crippen LogP contribution in [0.2, 0.25) is 5.02 Å². The van der Waals surface area contributed by atoms with Gasteiger partial charge < -0.3 is 10.0 Å². The van der Waals surface area contributed by atoms with Crippen LogP contribution in [0.5, 0.6) is 0 Å². The van der Waals surface area contributed by atoms with Gasteiger partial charge in [0.05, 0.1) is 5.56 Å². The van der Waals surface area contributed by atoms with Crippen molar-refractivity contribution >= 4 is 23.5 Å². The van der Waals surface area contributed by atoms with Gasteiger partial charge in [-0.1, -0.05) is 11.6 Å². The Morgan fingerprint density at radius 3 is 2.58 bits per heavy atom. The number of alkyl halides is 3. The lowest BCUT2D eigenvalue weighted by Crippen LogP contribution is -2.44. The zero-order valence-electron chi connectivity index (χ0n) is 12.8. The maximum atomic E-state index is 12.9. The van der Waals surface area contributed by atoms with Gasteiger partial charge in [-0.25, -0.2) is 0 Å². The normalized spacial score (nSPS) is 18.5. The molecule has 1 aromatic carbocycles. The van der Waals surface area contributed by atoms with Crippen LogP contribution >= 0.6 is 11.6 Å². The number of aliphatic carboxylic acids is 1. The fourth-order valence-corrected chi connectivity index (χ4v) is 3.14. The maximum absolute atomic E-state index is 12.9. The van der Waals surface area contributed by atoms with Crippen molar-refractivity contribution in [3.05, 3.63) is 34.3 Å². The van der Waals surface area contributed by atoms with Crippen LogP contribution < -0.4 is 0 Å². The van der Waals surface area contributed by atoms with E-state index in [1.54, 1.807) is 0 Å². The fourth-order valence-electron chi connectivity index (χ4n) is 2.90. The number of carboxylic acid groups (broad SMARTS) is 1. The second-order valence-electron chi connectivity index (χ2n) is 5.81. The van der Waals surface area contributed by atoms with Crippen molar-refractivity contribution < 1.29 is 27.9 Å². The highest BCUT2D eigenvalue weighted by Crippen LogP contribution is 2.33. The average Bonchev–Trinajstić information content (AvgIpc) is 2.51. The molecule has 1 fully saturated rings. The van der Waals surface area contributed by atoms with E-state index in [0.717, 1.165) is 25.0 Å². The number of piperidine rings is 1. The van der Waals surface area contributed by atoms with E-state index >= 15 is 0 Å². The zero-order valence-corrected chi connectivity index (χ0v) is 13.5. The number of hydrogen-bond donors (Lipinski definition) is 1. The molecule has 8 heteroatoms. The summed E-state index contributed by atoms with van der Waals surface area (Å²) in [5.41, 5.74) is -1.10. The summed E-state index contributed by atoms with van der Waals surface area (Å²) >= 11 is 5.73. The number of carbonyl (C=O) groups excluding carboxylic acids is 1. The maximum Gasteiger partial charge on any atom is 0.416 e. The van der Waals surface area contributed by atoms with Gasteiger partial charge in [-0.2, -0.15) is 13.2 Å². The first-order valence-corrected chi connectivity index (χ1v) is 7.97. The van der Waals surface area contributed by atoms with E-state index in [1.807, 2.05) is 0 Å². The minimum Gasteiger partial charge on any atom is -0.481 e. The number of nitrogens with zero attached hydrogens (tertiary/aromatic N) is 1. The first-order valence-electron chi connectivity index (χ1n) is 7.59. The van der Waals surface area contributed by atoms with Crippen LogP contribution in [-0.4, -0.2) is 34.5 Å². The zero-order chi connectivity index (χ0) is 17.9. The lowest BCUT2D eigenvalue weighted by molar-refractivity contribution is -0.138. The lowest BCUT2D eigenvalue weighted by Gasteiger charge is -2.36. The molecule has 1 aromatic rings. The standard InChI is InChI=1S/C16H17ClF3NO3/c17-12-8-10(7-11(9-12)16(18,19)20)15(24)21-6-2-1-3-13(21)4-5-14(22)23/h7-9,13H,1-6H2,(H,22,23). The molecule has 132 valence electrons. The number of hydrogen-bond acceptors (Lipinski definition) is 2. The molecule has 0 saturated carbocycles. The smallest absolute Gasteiger partial charge is 0.416 e. The van der Waals surface area contributed by atoms with Gasteiger partial charge in [-0.3, -0.25) is 9.59 Å². The number of carbonyl (C=O) groups is 2. The van der Waals surface area contributed by atoms with E-state index < -0.39 is 23.6 Å². The Bertz CT molecular complexity index is 633. The van der Waals surface area contributed by atoms with Crippen LogP contribution in [0.4, 0.5) is 13.2 Å². The van der Waals surface area contributed by atoms with Gasteiger partial charge in [0.2, 0.25) is 0 Å². The van der Waals surface area contributed by atoms with Gasteiger partial charge in [0.1, 0.15) is 0 Å². The summed E-state index contributed by atoms with van der Waals surface area (Å²) in [7, 11) is 0. The highest BCUT2D eigenvalue weighted by molar-refractivity contribution is 6.31. The molecular formula is C16H17ClF3NO3. The Morgan fingerprint density at radius 1 is 1.25 bits per heavy atom. The quantitative estimate of drug-likeness (QED) is 0.871. The number of benzene rings is 1. The van der Waals surface area contributed by atoms with Crippen LogP contribution in [0.25, 0.3) is 0 Å². The van der Waals surface area contributed by atoms with Gasteiger partial charge in [-0.15, -0.1) is 0 Å². The Morgan fingerprint density at radius 2 is 1.96 bits per heavy atom. The van der Waals surface area contributed by atoms with Gasteiger partial charge in [0.15, 0.2) is 0 Å². The number of rotatable bonds is 4. The molecule has 1 N–H and O–H groups in total. The van der Waals surface area contributed by atoms with Crippen molar-refractivity contribution in [2.75, 3.05) is 6.54 Å². The molecule has 0 bridgehead atoms. The van der Waals surface area contributed by atoms with Crippen LogP contribution in [0, 0.1) is 0 Å². The van der Waals surface area contributed by atoms with E-state index in [9.17, 15) is 22.8 Å². The van der Waals surface area contributed by atoms with Crippen LogP contribution in [0.1, 0.15) is 48.0 Å². The highest BCUT2D eigenvalue weighted by Gasteiger charge is 2.33. The van der Waals surface area contributed by atoms with E-state index in [-0.39, 0.29) is 29.5 Å². The molecule has 0 aliphatic carbocycles. The highest BCUT2D eigenvalue weighted by atomic mass is 35.5. The van der Waals surface area contributed by atoms with Gasteiger partial charge >= 0.3 is 12.1 Å². The summed E-state index contributed by atoms with van der Waals surface area (Å²) in [6.45, 7) is 0.400. The molecule has 0 radical (unpaired) electrons. The monoisotopic (exact) mass is 363 g/mol. The Hall–Kier alpha value is -1.76. The summed E-state index contributed by atoms with van der Waals surface area (Å²) in [4.78, 5) is 24.9. The van der Waals surface area contributed by atoms with E-state index in [2.05, 4.69) is 0 Å². The van der Waals surface area contributed by atoms with Crippen LogP contribution in [-0.2, 0) is 11.0 Å². The van der Waals surface area contributed by atoms with E-state index in [0.29, 0.717) is 13.0 Å². The summed E-state index contributed by atoms with van der Waals surface area (Å²) in [6, 6.07) is 2.49. The molecule has 4 nitrogen and oxygen atoms in total. The Labute approximate surface area is 142 Å². The van der Waals surface area contributed by atoms with E-state index in [1.165, 1.54) is 11.0 Å². The molecule has 1 atom stereocenters. The van der Waals surface area contributed by atoms with Crippen molar-refractivity contribution in [2.24, 2.45) is 0 Å². The SMILES string of the molecule is O=C(O)CCC1CCCCN1C(=O)c1cc(Cl)cc(C(F)(F)F)c1. The van der Waals surface area contributed by atoms with Crippen molar-refractivity contribution in [2.45, 2.75) is 44.3 Å². The van der Waals surface area contributed by atoms with Crippen LogP contribution in [0.3, 0.4) is 0 Å². The molecule has 1 amide bonds. The van der Waals surface area contributed by atoms with Gasteiger partial charge in [0.25, 0.3) is 5.91 Å². The second kappa shape index (κ2) is 7.42. The number of likely N-dealkylation sites (tertiary alicyclic amines) is 1. The largest absolute Gasteiger partial charge is 0.481 e. The predicted molar refractivity (Wildman–Crippen MR) is 82.0 cm³/mol. The third-order valence-electron chi connectivity index (χ3n) is 4.05. The minimum absolute atomic E-state index is 0.0855. The number of amides is 1. The molecule has 0 aromatic heterocycles. The second-order valence-corrected chi connectivity index (χ2v) is 6.24. The van der Waals surface area contributed by atoms with Crippen LogP contribution in [0.15, 0.2) is 18.2 Å². The van der Waals surface area contributed by atoms with Crippen molar-refractivity contribution in [1.82, 2.24) is 4.90 Å². The van der Waals surface area contributed by atoms with Crippen molar-refractivity contribution in [1.29, 1.82) is 0 Å². The molecule has 2 rings (SSSR count). The van der Waals surface area contributed by atoms with Crippen molar-refractivity contribution in [3.63, 3.8) is 0 Å². The van der Waals surface area contributed by atoms with Gasteiger partial charge in [-0.05, 0) is 43.9 Å². The minimum atomic E-state index is -4.59. The molecule has 0 spiro atoms.